The van der Waals surface area contributed by atoms with Gasteiger partial charge in [-0.2, -0.15) is 0 Å². The Kier molecular flexibility index (Phi) is 6.84. The molecule has 29 heavy (non-hydrogen) atoms. The number of ketones is 1. The number of aromatic nitrogens is 1. The fourth-order valence-electron chi connectivity index (χ4n) is 2.38. The molecule has 0 spiro atoms. The lowest BCUT2D eigenvalue weighted by atomic mass is 10.1. The normalized spacial score (nSPS) is 10.7. The van der Waals surface area contributed by atoms with E-state index in [1.807, 2.05) is 18.2 Å². The van der Waals surface area contributed by atoms with Gasteiger partial charge in [0.1, 0.15) is 18.2 Å². The smallest absolute Gasteiger partial charge is 0.331 e. The van der Waals surface area contributed by atoms with Crippen LogP contribution < -0.4 is 4.74 Å². The zero-order valence-electron chi connectivity index (χ0n) is 15.5. The summed E-state index contributed by atoms with van der Waals surface area (Å²) in [6, 6.07) is 17.8. The quantitative estimate of drug-likeness (QED) is 0.326. The fourth-order valence-corrected chi connectivity index (χ4v) is 2.38. The minimum Gasteiger partial charge on any atom is -0.487 e. The summed E-state index contributed by atoms with van der Waals surface area (Å²) >= 11 is 0. The number of carbonyl (C=O) groups is 2. The van der Waals surface area contributed by atoms with Gasteiger partial charge in [-0.3, -0.25) is 9.78 Å². The van der Waals surface area contributed by atoms with Crippen molar-refractivity contribution in [2.45, 2.75) is 6.61 Å². The highest BCUT2D eigenvalue weighted by atomic mass is 19.1. The van der Waals surface area contributed by atoms with Crippen LogP contribution in [0.4, 0.5) is 4.39 Å². The average Bonchev–Trinajstić information content (AvgIpc) is 2.76. The van der Waals surface area contributed by atoms with Crippen LogP contribution in [0.5, 0.6) is 5.75 Å². The summed E-state index contributed by atoms with van der Waals surface area (Å²) in [6.07, 6.45) is 4.52. The van der Waals surface area contributed by atoms with E-state index in [2.05, 4.69) is 4.98 Å². The van der Waals surface area contributed by atoms with Crippen molar-refractivity contribution in [3.63, 3.8) is 0 Å². The van der Waals surface area contributed by atoms with E-state index in [1.54, 1.807) is 36.5 Å². The van der Waals surface area contributed by atoms with Gasteiger partial charge in [-0.05, 0) is 60.2 Å². The second-order valence-electron chi connectivity index (χ2n) is 6.05. The van der Waals surface area contributed by atoms with Gasteiger partial charge in [-0.15, -0.1) is 0 Å². The molecule has 1 aromatic heterocycles. The third-order valence-electron chi connectivity index (χ3n) is 3.92. The predicted octanol–water partition coefficient (Wildman–Crippen LogP) is 4.24. The van der Waals surface area contributed by atoms with E-state index in [4.69, 9.17) is 9.47 Å². The molecule has 146 valence electrons. The minimum absolute atomic E-state index is 0.282. The summed E-state index contributed by atoms with van der Waals surface area (Å²) < 4.78 is 23.4. The van der Waals surface area contributed by atoms with Crippen molar-refractivity contribution in [1.82, 2.24) is 4.98 Å². The monoisotopic (exact) mass is 391 g/mol. The Balaban J connectivity index is 1.45. The number of benzene rings is 2. The van der Waals surface area contributed by atoms with Gasteiger partial charge in [0.25, 0.3) is 0 Å². The summed E-state index contributed by atoms with van der Waals surface area (Å²) in [5.41, 5.74) is 1.89. The zero-order valence-corrected chi connectivity index (χ0v) is 15.5. The van der Waals surface area contributed by atoms with Gasteiger partial charge in [0.2, 0.25) is 0 Å². The number of hydrogen-bond acceptors (Lipinski definition) is 5. The molecule has 5 nitrogen and oxygen atoms in total. The number of Topliss-reactive ketones (excluding diaryl/α,β-unsaturated/α-hetero) is 1. The highest BCUT2D eigenvalue weighted by Crippen LogP contribution is 2.14. The van der Waals surface area contributed by atoms with Crippen LogP contribution in [0.15, 0.2) is 79.0 Å². The van der Waals surface area contributed by atoms with Gasteiger partial charge in [-0.25, -0.2) is 9.18 Å². The Morgan fingerprint density at radius 2 is 1.72 bits per heavy atom. The van der Waals surface area contributed by atoms with Crippen LogP contribution in [0.3, 0.4) is 0 Å². The minimum atomic E-state index is -0.643. The molecule has 2 aromatic carbocycles. The molecular weight excluding hydrogens is 373 g/mol. The Morgan fingerprint density at radius 1 is 0.966 bits per heavy atom. The van der Waals surface area contributed by atoms with Gasteiger partial charge in [0, 0.05) is 17.8 Å². The molecule has 6 heteroatoms. The average molecular weight is 391 g/mol. The van der Waals surface area contributed by atoms with Gasteiger partial charge in [0.05, 0.1) is 5.69 Å². The molecule has 0 saturated carbocycles. The molecule has 3 rings (SSSR count). The van der Waals surface area contributed by atoms with E-state index in [0.717, 1.165) is 11.3 Å². The number of esters is 1. The molecule has 0 saturated heterocycles. The number of carbonyl (C=O) groups excluding carboxylic acids is 2. The zero-order chi connectivity index (χ0) is 20.5. The largest absolute Gasteiger partial charge is 0.487 e. The lowest BCUT2D eigenvalue weighted by molar-refractivity contribution is -0.136. The van der Waals surface area contributed by atoms with E-state index in [0.29, 0.717) is 12.4 Å². The number of hydrogen-bond donors (Lipinski definition) is 0. The van der Waals surface area contributed by atoms with Crippen LogP contribution in [-0.4, -0.2) is 23.3 Å². The maximum absolute atomic E-state index is 12.9. The Labute approximate surface area is 167 Å². The first kappa shape index (κ1) is 19.9. The maximum Gasteiger partial charge on any atom is 0.331 e. The lowest BCUT2D eigenvalue weighted by Crippen LogP contribution is -2.12. The molecule has 0 unspecified atom stereocenters. The van der Waals surface area contributed by atoms with Gasteiger partial charge >= 0.3 is 5.97 Å². The number of rotatable bonds is 8. The number of ether oxygens (including phenoxy) is 2. The molecule has 0 radical (unpaired) electrons. The van der Waals surface area contributed by atoms with E-state index in [9.17, 15) is 14.0 Å². The molecule has 0 atom stereocenters. The molecule has 1 heterocycles. The number of nitrogens with zero attached hydrogens (tertiary/aromatic N) is 1. The van der Waals surface area contributed by atoms with Gasteiger partial charge in [0.15, 0.2) is 12.4 Å². The molecule has 0 amide bonds. The van der Waals surface area contributed by atoms with Crippen molar-refractivity contribution in [3.8, 4) is 5.75 Å². The van der Waals surface area contributed by atoms with Crippen molar-refractivity contribution in [2.24, 2.45) is 0 Å². The first-order chi connectivity index (χ1) is 14.1. The Morgan fingerprint density at radius 3 is 2.41 bits per heavy atom. The van der Waals surface area contributed by atoms with Crippen LogP contribution in [0.25, 0.3) is 6.08 Å². The van der Waals surface area contributed by atoms with Crippen molar-refractivity contribution in [2.75, 3.05) is 6.61 Å². The van der Waals surface area contributed by atoms with Crippen LogP contribution in [0, 0.1) is 5.82 Å². The second kappa shape index (κ2) is 9.94. The van der Waals surface area contributed by atoms with Gasteiger partial charge < -0.3 is 9.47 Å². The topological polar surface area (TPSA) is 65.5 Å². The molecule has 0 fully saturated rings. The lowest BCUT2D eigenvalue weighted by Gasteiger charge is -2.05. The van der Waals surface area contributed by atoms with Crippen LogP contribution in [-0.2, 0) is 16.1 Å². The molecule has 0 bridgehead atoms. The predicted molar refractivity (Wildman–Crippen MR) is 106 cm³/mol. The SMILES string of the molecule is O=C(C=Cc1ccc(OCc2ccccn2)cc1)OCC(=O)c1ccc(F)cc1. The van der Waals surface area contributed by atoms with E-state index < -0.39 is 24.2 Å². The maximum atomic E-state index is 12.9. The number of halogens is 1. The highest BCUT2D eigenvalue weighted by Gasteiger charge is 2.08. The van der Waals surface area contributed by atoms with E-state index in [1.165, 1.54) is 30.3 Å². The molecule has 0 aliphatic carbocycles. The second-order valence-corrected chi connectivity index (χ2v) is 6.05. The number of pyridine rings is 1. The van der Waals surface area contributed by atoms with E-state index in [-0.39, 0.29) is 5.56 Å². The molecule has 3 aromatic rings. The Bertz CT molecular complexity index is 984. The van der Waals surface area contributed by atoms with Crippen LogP contribution in [0.2, 0.25) is 0 Å². The molecular formula is C23H18FNO4. The fraction of sp³-hybridized carbons (Fsp3) is 0.0870. The van der Waals surface area contributed by atoms with E-state index >= 15 is 0 Å². The standard InChI is InChI=1S/C23H18FNO4/c24-19-9-7-18(8-10-19)22(26)16-29-23(27)13-6-17-4-11-21(12-5-17)28-15-20-3-1-2-14-25-20/h1-14H,15-16H2. The first-order valence-electron chi connectivity index (χ1n) is 8.86. The first-order valence-corrected chi connectivity index (χ1v) is 8.86. The summed E-state index contributed by atoms with van der Waals surface area (Å²) in [5, 5.41) is 0. The molecule has 0 N–H and O–H groups in total. The third-order valence-corrected chi connectivity index (χ3v) is 3.92. The molecule has 0 aliphatic rings. The highest BCUT2D eigenvalue weighted by molar-refractivity contribution is 5.98. The Hall–Kier alpha value is -3.80. The van der Waals surface area contributed by atoms with Crippen molar-refractivity contribution in [1.29, 1.82) is 0 Å². The van der Waals surface area contributed by atoms with Crippen molar-refractivity contribution in [3.05, 3.63) is 102 Å². The summed E-state index contributed by atoms with van der Waals surface area (Å²) in [6.45, 7) is -0.0421. The molecule has 0 aliphatic heterocycles. The third kappa shape index (κ3) is 6.39. The van der Waals surface area contributed by atoms with Crippen molar-refractivity contribution < 1.29 is 23.5 Å². The summed E-state index contributed by atoms with van der Waals surface area (Å²) in [5.74, 6) is -0.799. The summed E-state index contributed by atoms with van der Waals surface area (Å²) in [7, 11) is 0. The van der Waals surface area contributed by atoms with Crippen LogP contribution >= 0.6 is 0 Å². The van der Waals surface area contributed by atoms with Crippen LogP contribution in [0.1, 0.15) is 21.6 Å². The van der Waals surface area contributed by atoms with Crippen molar-refractivity contribution >= 4 is 17.8 Å². The summed E-state index contributed by atoms with van der Waals surface area (Å²) in [4.78, 5) is 27.9. The van der Waals surface area contributed by atoms with Gasteiger partial charge in [-0.1, -0.05) is 18.2 Å².